The number of hydrogen-bond acceptors (Lipinski definition) is 6. The zero-order valence-corrected chi connectivity index (χ0v) is 13.1. The summed E-state index contributed by atoms with van der Waals surface area (Å²) in [5.74, 6) is -1.99. The summed E-state index contributed by atoms with van der Waals surface area (Å²) >= 11 is 6.03. The summed E-state index contributed by atoms with van der Waals surface area (Å²) in [7, 11) is 0. The quantitative estimate of drug-likeness (QED) is 0.640. The predicted octanol–water partition coefficient (Wildman–Crippen LogP) is 0.596. The molecule has 6 nitrogen and oxygen atoms in total. The third kappa shape index (κ3) is 3.92. The minimum Gasteiger partial charge on any atom is -0.548 e. The Balaban J connectivity index is 2.16. The van der Waals surface area contributed by atoms with Crippen LogP contribution in [0.2, 0.25) is 0 Å². The number of nitrogens with zero attached hydrogens (tertiary/aromatic N) is 1. The van der Waals surface area contributed by atoms with Gasteiger partial charge in [0.2, 0.25) is 5.91 Å². The molecule has 2 amide bonds. The fraction of sp³-hybridized carbons (Fsp3) is 0.143. The number of amides is 2. The highest BCUT2D eigenvalue weighted by atomic mass is 32.2. The summed E-state index contributed by atoms with van der Waals surface area (Å²) in [6, 6.07) is 6.87. The van der Waals surface area contributed by atoms with Gasteiger partial charge in [0.15, 0.2) is 0 Å². The van der Waals surface area contributed by atoms with Gasteiger partial charge in [0.25, 0.3) is 5.91 Å². The molecule has 8 heteroatoms. The second-order valence-electron chi connectivity index (χ2n) is 4.44. The van der Waals surface area contributed by atoms with E-state index >= 15 is 0 Å². The number of carboxylic acids is 1. The molecular formula is C14H11N2O4S2-. The number of hydrogen-bond donors (Lipinski definition) is 1. The van der Waals surface area contributed by atoms with Crippen LogP contribution in [-0.4, -0.2) is 33.5 Å². The van der Waals surface area contributed by atoms with Crippen molar-refractivity contribution in [3.8, 4) is 0 Å². The number of rotatable bonds is 4. The number of benzene rings is 1. The number of aliphatic carboxylic acids is 1. The summed E-state index contributed by atoms with van der Waals surface area (Å²) in [6.45, 7) is 0.861. The number of thiocarbonyl (C=S) groups is 1. The maximum atomic E-state index is 12.1. The first-order valence-corrected chi connectivity index (χ1v) is 7.42. The third-order valence-corrected chi connectivity index (χ3v) is 4.07. The van der Waals surface area contributed by atoms with Gasteiger partial charge in [-0.2, -0.15) is 0 Å². The van der Waals surface area contributed by atoms with E-state index in [4.69, 9.17) is 12.2 Å². The molecule has 0 aliphatic carbocycles. The van der Waals surface area contributed by atoms with Crippen molar-refractivity contribution in [2.45, 2.75) is 6.92 Å². The standard InChI is InChI=1S/C14H12N2O4S2/c1-8(17)15-10-4-2-9(3-5-10)6-11-13(20)16(7-12(18)19)14(21)22-11/h2-6H,7H2,1H3,(H,15,17)(H,18,19)/p-1/b11-6-. The molecule has 1 heterocycles. The largest absolute Gasteiger partial charge is 0.548 e. The van der Waals surface area contributed by atoms with Crippen molar-refractivity contribution in [3.63, 3.8) is 0 Å². The Hall–Kier alpha value is -2.19. The molecule has 1 aliphatic rings. The smallest absolute Gasteiger partial charge is 0.266 e. The van der Waals surface area contributed by atoms with Crippen molar-refractivity contribution in [1.82, 2.24) is 4.90 Å². The highest BCUT2D eigenvalue weighted by molar-refractivity contribution is 8.26. The van der Waals surface area contributed by atoms with Crippen LogP contribution < -0.4 is 10.4 Å². The number of anilines is 1. The molecule has 2 rings (SSSR count). The van der Waals surface area contributed by atoms with Crippen LogP contribution in [0.3, 0.4) is 0 Å². The monoisotopic (exact) mass is 335 g/mol. The number of carbonyl (C=O) groups is 3. The van der Waals surface area contributed by atoms with Crippen LogP contribution in [0.15, 0.2) is 29.2 Å². The molecule has 1 fully saturated rings. The van der Waals surface area contributed by atoms with Crippen LogP contribution >= 0.6 is 24.0 Å². The van der Waals surface area contributed by atoms with E-state index in [-0.39, 0.29) is 10.2 Å². The zero-order valence-electron chi connectivity index (χ0n) is 11.5. The Morgan fingerprint density at radius 2 is 2.00 bits per heavy atom. The maximum absolute atomic E-state index is 12.1. The molecule has 1 N–H and O–H groups in total. The van der Waals surface area contributed by atoms with Crippen LogP contribution in [-0.2, 0) is 14.4 Å². The van der Waals surface area contributed by atoms with E-state index in [9.17, 15) is 19.5 Å². The van der Waals surface area contributed by atoms with Gasteiger partial charge in [0.05, 0.1) is 17.4 Å². The van der Waals surface area contributed by atoms with Gasteiger partial charge in [-0.05, 0) is 23.8 Å². The highest BCUT2D eigenvalue weighted by Crippen LogP contribution is 2.32. The number of carboxylic acid groups (broad SMARTS) is 1. The molecule has 0 radical (unpaired) electrons. The molecule has 0 atom stereocenters. The average Bonchev–Trinajstić information content (AvgIpc) is 2.68. The van der Waals surface area contributed by atoms with Gasteiger partial charge in [-0.3, -0.25) is 14.5 Å². The van der Waals surface area contributed by atoms with Gasteiger partial charge < -0.3 is 15.2 Å². The molecule has 0 unspecified atom stereocenters. The second-order valence-corrected chi connectivity index (χ2v) is 6.12. The zero-order chi connectivity index (χ0) is 16.3. The van der Waals surface area contributed by atoms with Crippen LogP contribution in [0.4, 0.5) is 5.69 Å². The first kappa shape index (κ1) is 16.2. The van der Waals surface area contributed by atoms with Crippen molar-refractivity contribution in [2.24, 2.45) is 0 Å². The number of nitrogens with one attached hydrogen (secondary N) is 1. The molecule has 0 spiro atoms. The second kappa shape index (κ2) is 6.71. The number of carbonyl (C=O) groups excluding carboxylic acids is 3. The topological polar surface area (TPSA) is 89.5 Å². The van der Waals surface area contributed by atoms with E-state index in [0.717, 1.165) is 22.2 Å². The Morgan fingerprint density at radius 3 is 2.55 bits per heavy atom. The lowest BCUT2D eigenvalue weighted by atomic mass is 10.2. The molecular weight excluding hydrogens is 324 g/mol. The first-order chi connectivity index (χ1) is 10.4. The van der Waals surface area contributed by atoms with Gasteiger partial charge in [-0.15, -0.1) is 0 Å². The SMILES string of the molecule is CC(=O)Nc1ccc(/C=C2\SC(=S)N(CC(=O)[O-])C2=O)cc1. The van der Waals surface area contributed by atoms with Crippen LogP contribution in [0.5, 0.6) is 0 Å². The van der Waals surface area contributed by atoms with Crippen molar-refractivity contribution >= 4 is 57.8 Å². The summed E-state index contributed by atoms with van der Waals surface area (Å²) in [6.07, 6.45) is 1.62. The third-order valence-electron chi connectivity index (χ3n) is 2.69. The summed E-state index contributed by atoms with van der Waals surface area (Å²) in [5, 5.41) is 13.2. The Bertz CT molecular complexity index is 683. The van der Waals surface area contributed by atoms with Crippen LogP contribution in [0.1, 0.15) is 12.5 Å². The molecule has 1 aliphatic heterocycles. The Kier molecular flexibility index (Phi) is 4.94. The van der Waals surface area contributed by atoms with Gasteiger partial charge in [0, 0.05) is 12.6 Å². The molecule has 0 aromatic heterocycles. The normalized spacial score (nSPS) is 16.2. The maximum Gasteiger partial charge on any atom is 0.266 e. The fourth-order valence-corrected chi connectivity index (χ4v) is 3.04. The predicted molar refractivity (Wildman–Crippen MR) is 85.6 cm³/mol. The van der Waals surface area contributed by atoms with E-state index in [0.29, 0.717) is 10.6 Å². The molecule has 0 saturated carbocycles. The van der Waals surface area contributed by atoms with Crippen molar-refractivity contribution in [3.05, 3.63) is 34.7 Å². The molecule has 1 saturated heterocycles. The Labute approximate surface area is 136 Å². The lowest BCUT2D eigenvalue weighted by Gasteiger charge is -2.14. The van der Waals surface area contributed by atoms with Crippen LogP contribution in [0.25, 0.3) is 6.08 Å². The minimum absolute atomic E-state index is 0.170. The van der Waals surface area contributed by atoms with Gasteiger partial charge >= 0.3 is 0 Å². The minimum atomic E-state index is -1.36. The summed E-state index contributed by atoms with van der Waals surface area (Å²) in [5.41, 5.74) is 1.39. The van der Waals surface area contributed by atoms with Crippen LogP contribution in [0, 0.1) is 0 Å². The van der Waals surface area contributed by atoms with Crippen molar-refractivity contribution < 1.29 is 19.5 Å². The first-order valence-electron chi connectivity index (χ1n) is 6.19. The van der Waals surface area contributed by atoms with E-state index < -0.39 is 18.4 Å². The van der Waals surface area contributed by atoms with E-state index in [1.54, 1.807) is 30.3 Å². The van der Waals surface area contributed by atoms with Gasteiger partial charge in [0.1, 0.15) is 4.32 Å². The molecule has 1 aromatic rings. The summed E-state index contributed by atoms with van der Waals surface area (Å²) < 4.78 is 0.190. The van der Waals surface area contributed by atoms with Crippen molar-refractivity contribution in [1.29, 1.82) is 0 Å². The van der Waals surface area contributed by atoms with E-state index in [1.807, 2.05) is 0 Å². The lowest BCUT2D eigenvalue weighted by molar-refractivity contribution is -0.305. The molecule has 1 aromatic carbocycles. The molecule has 22 heavy (non-hydrogen) atoms. The lowest BCUT2D eigenvalue weighted by Crippen LogP contribution is -2.40. The van der Waals surface area contributed by atoms with Crippen molar-refractivity contribution in [2.75, 3.05) is 11.9 Å². The number of thioether (sulfide) groups is 1. The molecule has 114 valence electrons. The highest BCUT2D eigenvalue weighted by Gasteiger charge is 2.31. The molecule has 0 bridgehead atoms. The Morgan fingerprint density at radius 1 is 1.36 bits per heavy atom. The fourth-order valence-electron chi connectivity index (χ4n) is 1.78. The van der Waals surface area contributed by atoms with E-state index in [2.05, 4.69) is 5.32 Å². The van der Waals surface area contributed by atoms with Gasteiger partial charge in [-0.25, -0.2) is 0 Å². The van der Waals surface area contributed by atoms with E-state index in [1.165, 1.54) is 6.92 Å². The van der Waals surface area contributed by atoms with Gasteiger partial charge in [-0.1, -0.05) is 36.1 Å². The average molecular weight is 335 g/mol. The summed E-state index contributed by atoms with van der Waals surface area (Å²) in [4.78, 5) is 35.0.